The molecule has 12 heteroatoms. The van der Waals surface area contributed by atoms with Gasteiger partial charge >= 0.3 is 19.8 Å². The highest BCUT2D eigenvalue weighted by atomic mass is 31.2. The van der Waals surface area contributed by atoms with E-state index in [0.717, 1.165) is 0 Å². The fourth-order valence-electron chi connectivity index (χ4n) is 1.61. The van der Waals surface area contributed by atoms with Crippen LogP contribution in [-0.2, 0) is 27.9 Å². The lowest BCUT2D eigenvalue weighted by Crippen LogP contribution is -2.41. The monoisotopic (exact) mass is 387 g/mol. The Hall–Kier alpha value is -1.07. The number of hydrogen-bond donors (Lipinski definition) is 5. The quantitative estimate of drug-likeness (QED) is 0.187. The van der Waals surface area contributed by atoms with E-state index in [1.807, 2.05) is 0 Å². The number of aliphatic hydroxyl groups excluding tert-OH is 1. The fourth-order valence-corrected chi connectivity index (χ4v) is 2.58. The molecule has 0 saturated heterocycles. The Labute approximate surface area is 145 Å². The van der Waals surface area contributed by atoms with Crippen molar-refractivity contribution in [1.29, 1.82) is 0 Å². The van der Waals surface area contributed by atoms with Crippen molar-refractivity contribution in [2.45, 2.75) is 50.9 Å². The summed E-state index contributed by atoms with van der Waals surface area (Å²) >= 11 is 0. The van der Waals surface area contributed by atoms with Crippen LogP contribution in [0.15, 0.2) is 0 Å². The SMILES string of the molecule is C[C@@H](OP(=O)(O)OC[C@@H](O)COCCCCCC(=O)O)[C@H](N)C(=O)O. The van der Waals surface area contributed by atoms with Crippen molar-refractivity contribution in [2.75, 3.05) is 19.8 Å². The van der Waals surface area contributed by atoms with Crippen molar-refractivity contribution in [3.63, 3.8) is 0 Å². The zero-order valence-electron chi connectivity index (χ0n) is 13.9. The molecular formula is C13H26NO10P. The maximum Gasteiger partial charge on any atom is 0.472 e. The molecule has 0 aliphatic rings. The third kappa shape index (κ3) is 12.9. The van der Waals surface area contributed by atoms with Crippen LogP contribution < -0.4 is 5.73 Å². The standard InChI is InChI=1S/C13H26NO10P/c1-9(12(14)13(18)19)24-25(20,21)23-8-10(15)7-22-6-4-2-3-5-11(16)17/h9-10,12,15H,2-8,14H2,1H3,(H,16,17)(H,18,19)(H,20,21)/t9-,10+,12+/m1/s1. The number of aliphatic hydroxyl groups is 1. The van der Waals surface area contributed by atoms with Crippen LogP contribution in [0.5, 0.6) is 0 Å². The van der Waals surface area contributed by atoms with Crippen LogP contribution in [0.25, 0.3) is 0 Å². The van der Waals surface area contributed by atoms with Gasteiger partial charge in [0, 0.05) is 13.0 Å². The van der Waals surface area contributed by atoms with Gasteiger partial charge in [0.05, 0.1) is 19.3 Å². The molecule has 0 aliphatic carbocycles. The highest BCUT2D eigenvalue weighted by Crippen LogP contribution is 2.44. The van der Waals surface area contributed by atoms with Crippen molar-refractivity contribution >= 4 is 19.8 Å². The summed E-state index contributed by atoms with van der Waals surface area (Å²) in [4.78, 5) is 30.4. The van der Waals surface area contributed by atoms with Gasteiger partial charge in [-0.3, -0.25) is 18.6 Å². The molecule has 1 unspecified atom stereocenters. The third-order valence-corrected chi connectivity index (χ3v) is 4.08. The van der Waals surface area contributed by atoms with E-state index < -0.39 is 44.6 Å². The maximum atomic E-state index is 11.6. The number of rotatable bonds is 15. The van der Waals surface area contributed by atoms with Gasteiger partial charge in [0.15, 0.2) is 0 Å². The highest BCUT2D eigenvalue weighted by molar-refractivity contribution is 7.47. The molecule has 0 fully saturated rings. The maximum absolute atomic E-state index is 11.6. The molecule has 0 aromatic rings. The van der Waals surface area contributed by atoms with E-state index in [1.165, 1.54) is 6.92 Å². The highest BCUT2D eigenvalue weighted by Gasteiger charge is 2.31. The molecule has 0 aliphatic heterocycles. The van der Waals surface area contributed by atoms with E-state index >= 15 is 0 Å². The first-order valence-corrected chi connectivity index (χ1v) is 9.16. The van der Waals surface area contributed by atoms with E-state index in [1.54, 1.807) is 0 Å². The second kappa shape index (κ2) is 12.3. The number of aliphatic carboxylic acids is 2. The molecular weight excluding hydrogens is 361 g/mol. The van der Waals surface area contributed by atoms with Crippen LogP contribution in [0.4, 0.5) is 0 Å². The normalized spacial score (nSPS) is 17.4. The molecule has 148 valence electrons. The summed E-state index contributed by atoms with van der Waals surface area (Å²) in [6.07, 6.45) is -0.551. The van der Waals surface area contributed by atoms with Gasteiger partial charge in [-0.05, 0) is 19.8 Å². The predicted octanol–water partition coefficient (Wildman–Crippen LogP) is -0.0571. The number of carboxylic acid groups (broad SMARTS) is 2. The summed E-state index contributed by atoms with van der Waals surface area (Å²) < 4.78 is 25.9. The van der Waals surface area contributed by atoms with Crippen LogP contribution in [0, 0.1) is 0 Å². The summed E-state index contributed by atoms with van der Waals surface area (Å²) in [5, 5.41) is 26.7. The molecule has 25 heavy (non-hydrogen) atoms. The molecule has 0 radical (unpaired) electrons. The number of hydrogen-bond acceptors (Lipinski definition) is 8. The number of carboxylic acids is 2. The van der Waals surface area contributed by atoms with Crippen LogP contribution in [0.1, 0.15) is 32.6 Å². The molecule has 0 rings (SSSR count). The number of ether oxygens (including phenoxy) is 1. The van der Waals surface area contributed by atoms with E-state index in [4.69, 9.17) is 20.7 Å². The van der Waals surface area contributed by atoms with E-state index in [9.17, 15) is 24.2 Å². The number of phosphoric acid groups is 1. The summed E-state index contributed by atoms with van der Waals surface area (Å²) in [6, 6.07) is -1.50. The number of phosphoric ester groups is 1. The molecule has 0 saturated carbocycles. The summed E-state index contributed by atoms with van der Waals surface area (Å²) in [6.45, 7) is 0.800. The number of nitrogens with two attached hydrogens (primary N) is 1. The molecule has 0 aromatic heterocycles. The molecule has 4 atom stereocenters. The Morgan fingerprint density at radius 1 is 1.16 bits per heavy atom. The van der Waals surface area contributed by atoms with Crippen LogP contribution in [0.2, 0.25) is 0 Å². The van der Waals surface area contributed by atoms with Crippen molar-refractivity contribution in [3.8, 4) is 0 Å². The molecule has 6 N–H and O–H groups in total. The zero-order chi connectivity index (χ0) is 19.5. The first-order valence-electron chi connectivity index (χ1n) is 7.67. The lowest BCUT2D eigenvalue weighted by molar-refractivity contribution is -0.141. The molecule has 0 bridgehead atoms. The van der Waals surface area contributed by atoms with Crippen LogP contribution >= 0.6 is 7.82 Å². The average molecular weight is 387 g/mol. The summed E-state index contributed by atoms with van der Waals surface area (Å²) in [5.41, 5.74) is 5.24. The van der Waals surface area contributed by atoms with Crippen molar-refractivity contribution < 1.29 is 48.2 Å². The van der Waals surface area contributed by atoms with Crippen molar-refractivity contribution in [2.24, 2.45) is 5.73 Å². The van der Waals surface area contributed by atoms with Gasteiger partial charge < -0.3 is 30.7 Å². The largest absolute Gasteiger partial charge is 0.481 e. The van der Waals surface area contributed by atoms with Crippen LogP contribution in [0.3, 0.4) is 0 Å². The molecule has 0 aromatic carbocycles. The van der Waals surface area contributed by atoms with E-state index in [2.05, 4.69) is 9.05 Å². The first-order chi connectivity index (χ1) is 11.5. The van der Waals surface area contributed by atoms with Gasteiger partial charge in [-0.2, -0.15) is 0 Å². The Kier molecular flexibility index (Phi) is 11.8. The number of unbranched alkanes of at least 4 members (excludes halogenated alkanes) is 2. The Morgan fingerprint density at radius 2 is 1.80 bits per heavy atom. The van der Waals surface area contributed by atoms with Gasteiger partial charge in [-0.15, -0.1) is 0 Å². The smallest absolute Gasteiger partial charge is 0.472 e. The predicted molar refractivity (Wildman–Crippen MR) is 84.9 cm³/mol. The van der Waals surface area contributed by atoms with Crippen LogP contribution in [-0.4, -0.2) is 70.2 Å². The van der Waals surface area contributed by atoms with E-state index in [-0.39, 0.29) is 13.0 Å². The molecule has 0 heterocycles. The Morgan fingerprint density at radius 3 is 2.36 bits per heavy atom. The Bertz CT molecular complexity index is 460. The average Bonchev–Trinajstić information content (AvgIpc) is 2.50. The fraction of sp³-hybridized carbons (Fsp3) is 0.846. The minimum atomic E-state index is -4.57. The first kappa shape index (κ1) is 23.9. The second-order valence-corrected chi connectivity index (χ2v) is 6.78. The minimum Gasteiger partial charge on any atom is -0.481 e. The molecule has 0 spiro atoms. The Balaban J connectivity index is 3.88. The summed E-state index contributed by atoms with van der Waals surface area (Å²) in [7, 11) is -4.57. The van der Waals surface area contributed by atoms with Gasteiger partial charge in [0.2, 0.25) is 0 Å². The molecule has 0 amide bonds. The zero-order valence-corrected chi connectivity index (χ0v) is 14.8. The van der Waals surface area contributed by atoms with Gasteiger partial charge in [0.25, 0.3) is 0 Å². The lowest BCUT2D eigenvalue weighted by Gasteiger charge is -2.21. The van der Waals surface area contributed by atoms with Crippen molar-refractivity contribution in [1.82, 2.24) is 0 Å². The third-order valence-electron chi connectivity index (χ3n) is 3.01. The molecule has 11 nitrogen and oxygen atoms in total. The van der Waals surface area contributed by atoms with Gasteiger partial charge in [-0.25, -0.2) is 4.57 Å². The van der Waals surface area contributed by atoms with Gasteiger partial charge in [-0.1, -0.05) is 6.42 Å². The topological polar surface area (TPSA) is 186 Å². The minimum absolute atomic E-state index is 0.0895. The number of carbonyl (C=O) groups is 2. The lowest BCUT2D eigenvalue weighted by atomic mass is 10.2. The summed E-state index contributed by atoms with van der Waals surface area (Å²) in [5.74, 6) is -2.26. The van der Waals surface area contributed by atoms with Gasteiger partial charge in [0.1, 0.15) is 12.1 Å². The van der Waals surface area contributed by atoms with E-state index in [0.29, 0.717) is 25.9 Å². The van der Waals surface area contributed by atoms with Crippen molar-refractivity contribution in [3.05, 3.63) is 0 Å². The second-order valence-electron chi connectivity index (χ2n) is 5.37.